The normalized spacial score (nSPS) is 15.8. The molecule has 0 unspecified atom stereocenters. The molecule has 1 amide bonds. The lowest BCUT2D eigenvalue weighted by molar-refractivity contribution is -0.116. The molecule has 0 spiro atoms. The smallest absolute Gasteiger partial charge is 0.295 e. The van der Waals surface area contributed by atoms with Gasteiger partial charge in [-0.25, -0.2) is 4.99 Å². The molecular weight excluding hydrogens is 592 g/mol. The van der Waals surface area contributed by atoms with Crippen LogP contribution in [0.15, 0.2) is 73.8 Å². The molecule has 0 radical (unpaired) electrons. The molecule has 0 aliphatic carbocycles. The van der Waals surface area contributed by atoms with Crippen molar-refractivity contribution in [3.8, 4) is 11.1 Å². The number of nitrogens with zero attached hydrogens (tertiary/aromatic N) is 2. The lowest BCUT2D eigenvalue weighted by Gasteiger charge is -2.37. The van der Waals surface area contributed by atoms with Crippen molar-refractivity contribution in [2.75, 3.05) is 18.0 Å². The SMILES string of the molecule is CC(=O)N=c1ccc2c(ccc3c(-c4ccc(S(=O)(=O)O)cc4S(=O)(=O)O)c4cc5c6c(c4oc32)CCCN6CCC5)c1. The van der Waals surface area contributed by atoms with Gasteiger partial charge in [-0.05, 0) is 79.1 Å². The maximum absolute atomic E-state index is 12.7. The van der Waals surface area contributed by atoms with E-state index in [0.29, 0.717) is 38.2 Å². The Morgan fingerprint density at radius 2 is 1.58 bits per heavy atom. The Bertz CT molecular complexity index is 2340. The van der Waals surface area contributed by atoms with E-state index in [1.54, 1.807) is 24.3 Å². The first-order valence-corrected chi connectivity index (χ1v) is 16.7. The minimum atomic E-state index is -4.95. The van der Waals surface area contributed by atoms with E-state index in [1.165, 1.54) is 13.0 Å². The number of anilines is 1. The molecule has 0 saturated carbocycles. The molecule has 10 nitrogen and oxygen atoms in total. The van der Waals surface area contributed by atoms with Crippen molar-refractivity contribution in [1.29, 1.82) is 0 Å². The summed E-state index contributed by atoms with van der Waals surface area (Å²) in [5, 5.41) is 3.10. The monoisotopic (exact) mass is 618 g/mol. The first-order chi connectivity index (χ1) is 20.4. The van der Waals surface area contributed by atoms with E-state index in [2.05, 4.69) is 9.89 Å². The third kappa shape index (κ3) is 4.61. The second kappa shape index (κ2) is 9.71. The van der Waals surface area contributed by atoms with Gasteiger partial charge in [-0.1, -0.05) is 12.1 Å². The zero-order chi connectivity index (χ0) is 30.3. The fraction of sp³-hybridized carbons (Fsp3) is 0.226. The van der Waals surface area contributed by atoms with Crippen LogP contribution in [0.1, 0.15) is 30.9 Å². The van der Waals surface area contributed by atoms with E-state index in [9.17, 15) is 30.7 Å². The Morgan fingerprint density at radius 1 is 0.837 bits per heavy atom. The number of fused-ring (bicyclic) bond motifs is 5. The van der Waals surface area contributed by atoms with Gasteiger partial charge >= 0.3 is 0 Å². The van der Waals surface area contributed by atoms with E-state index in [4.69, 9.17) is 4.42 Å². The molecule has 2 N–H and O–H groups in total. The highest BCUT2D eigenvalue weighted by atomic mass is 32.2. The average molecular weight is 619 g/mol. The summed E-state index contributed by atoms with van der Waals surface area (Å²) >= 11 is 0. The van der Waals surface area contributed by atoms with Crippen molar-refractivity contribution < 1.29 is 35.2 Å². The number of carbonyl (C=O) groups is 1. The molecule has 2 aliphatic rings. The van der Waals surface area contributed by atoms with Crippen molar-refractivity contribution >= 4 is 64.5 Å². The van der Waals surface area contributed by atoms with Crippen molar-refractivity contribution in [1.82, 2.24) is 0 Å². The molecule has 12 heteroatoms. The first-order valence-electron chi connectivity index (χ1n) is 13.8. The Hall–Kier alpha value is -4.10. The summed E-state index contributed by atoms with van der Waals surface area (Å²) in [6.07, 6.45) is 3.47. The van der Waals surface area contributed by atoms with Crippen LogP contribution < -0.4 is 10.3 Å². The Kier molecular flexibility index (Phi) is 6.26. The van der Waals surface area contributed by atoms with Gasteiger partial charge in [-0.2, -0.15) is 16.8 Å². The van der Waals surface area contributed by atoms with Crippen LogP contribution in [0.3, 0.4) is 0 Å². The van der Waals surface area contributed by atoms with E-state index in [-0.39, 0.29) is 11.5 Å². The molecule has 7 rings (SSSR count). The standard InChI is InChI=1S/C31H26N2O8S2/c1-17(34)32-20-7-10-22-18(14-20)6-9-24-28(23-11-8-21(42(35,36)37)16-27(23)43(38,39)40)26-15-19-4-2-12-33-13-3-5-25(29(19)33)31(26)41-30(22)24/h6-11,14-16H,2-5,12-13H2,1H3,(H,35,36,37)(H,38,39,40). The number of amides is 1. The van der Waals surface area contributed by atoms with Crippen LogP contribution in [0.2, 0.25) is 0 Å². The summed E-state index contributed by atoms with van der Waals surface area (Å²) in [6, 6.07) is 14.0. The number of rotatable bonds is 3. The van der Waals surface area contributed by atoms with Gasteiger partial charge in [0.1, 0.15) is 16.1 Å². The van der Waals surface area contributed by atoms with Crippen molar-refractivity contribution in [3.05, 3.63) is 71.1 Å². The van der Waals surface area contributed by atoms with Crippen LogP contribution in [-0.4, -0.2) is 44.9 Å². The molecule has 5 aromatic rings. The molecule has 0 atom stereocenters. The van der Waals surface area contributed by atoms with E-state index in [1.807, 2.05) is 12.1 Å². The van der Waals surface area contributed by atoms with Crippen molar-refractivity contribution in [3.63, 3.8) is 0 Å². The number of aryl methyl sites for hydroxylation is 2. The molecule has 2 aliphatic heterocycles. The van der Waals surface area contributed by atoms with Gasteiger partial charge in [-0.3, -0.25) is 13.9 Å². The summed E-state index contributed by atoms with van der Waals surface area (Å²) < 4.78 is 76.1. The highest BCUT2D eigenvalue weighted by molar-refractivity contribution is 7.86. The predicted octanol–water partition coefficient (Wildman–Crippen LogP) is 5.05. The third-order valence-corrected chi connectivity index (χ3v) is 10.00. The minimum Gasteiger partial charge on any atom is -0.455 e. The average Bonchev–Trinajstić information content (AvgIpc) is 2.95. The Balaban J connectivity index is 1.68. The maximum atomic E-state index is 12.7. The fourth-order valence-electron chi connectivity index (χ4n) is 6.60. The molecule has 4 aromatic carbocycles. The van der Waals surface area contributed by atoms with Crippen LogP contribution in [0.5, 0.6) is 0 Å². The zero-order valence-electron chi connectivity index (χ0n) is 23.0. The van der Waals surface area contributed by atoms with E-state index < -0.39 is 30.0 Å². The Morgan fingerprint density at radius 3 is 2.30 bits per heavy atom. The van der Waals surface area contributed by atoms with Crippen LogP contribution in [-0.2, 0) is 37.9 Å². The van der Waals surface area contributed by atoms with Gasteiger partial charge in [0.25, 0.3) is 20.2 Å². The second-order valence-corrected chi connectivity index (χ2v) is 13.8. The van der Waals surface area contributed by atoms with Crippen LogP contribution >= 0.6 is 0 Å². The lowest BCUT2D eigenvalue weighted by Crippen LogP contribution is -2.34. The van der Waals surface area contributed by atoms with E-state index in [0.717, 1.165) is 73.1 Å². The zero-order valence-corrected chi connectivity index (χ0v) is 24.6. The quantitative estimate of drug-likeness (QED) is 0.161. The summed E-state index contributed by atoms with van der Waals surface area (Å²) in [5.74, 6) is -0.336. The molecular formula is C31H26N2O8S2. The fourth-order valence-corrected chi connectivity index (χ4v) is 7.91. The second-order valence-electron chi connectivity index (χ2n) is 11.0. The molecule has 1 aromatic heterocycles. The van der Waals surface area contributed by atoms with Crippen molar-refractivity contribution in [2.24, 2.45) is 4.99 Å². The van der Waals surface area contributed by atoms with Gasteiger partial charge in [0.05, 0.1) is 10.3 Å². The van der Waals surface area contributed by atoms with Gasteiger partial charge in [-0.15, -0.1) is 0 Å². The highest BCUT2D eigenvalue weighted by Gasteiger charge is 2.30. The molecule has 220 valence electrons. The topological polar surface area (TPSA) is 155 Å². The van der Waals surface area contributed by atoms with Crippen LogP contribution in [0.4, 0.5) is 5.69 Å². The third-order valence-electron chi connectivity index (χ3n) is 8.25. The van der Waals surface area contributed by atoms with Gasteiger partial charge < -0.3 is 9.32 Å². The molecule has 3 heterocycles. The summed E-state index contributed by atoms with van der Waals surface area (Å²) in [4.78, 5) is 16.7. The van der Waals surface area contributed by atoms with Crippen LogP contribution in [0, 0.1) is 0 Å². The number of carbonyl (C=O) groups excluding carboxylic acids is 1. The largest absolute Gasteiger partial charge is 0.455 e. The van der Waals surface area contributed by atoms with Gasteiger partial charge in [0.2, 0.25) is 5.91 Å². The Labute approximate surface area is 246 Å². The maximum Gasteiger partial charge on any atom is 0.295 e. The van der Waals surface area contributed by atoms with E-state index >= 15 is 0 Å². The number of hydrogen-bond acceptors (Lipinski definition) is 7. The molecule has 43 heavy (non-hydrogen) atoms. The number of hydrogen-bond donors (Lipinski definition) is 2. The number of benzene rings is 4. The minimum absolute atomic E-state index is 0.0684. The van der Waals surface area contributed by atoms with Crippen molar-refractivity contribution in [2.45, 2.75) is 42.4 Å². The van der Waals surface area contributed by atoms with Gasteiger partial charge in [0, 0.05) is 58.5 Å². The molecule has 0 fully saturated rings. The molecule has 0 saturated heterocycles. The lowest BCUT2D eigenvalue weighted by atomic mass is 9.87. The summed E-state index contributed by atoms with van der Waals surface area (Å²) in [7, 11) is -9.72. The summed E-state index contributed by atoms with van der Waals surface area (Å²) in [5.41, 5.74) is 4.83. The van der Waals surface area contributed by atoms with Gasteiger partial charge in [0.15, 0.2) is 0 Å². The summed E-state index contributed by atoms with van der Waals surface area (Å²) in [6.45, 7) is 3.23. The first kappa shape index (κ1) is 27.7. The van der Waals surface area contributed by atoms with Crippen LogP contribution in [0.25, 0.3) is 43.8 Å². The predicted molar refractivity (Wildman–Crippen MR) is 161 cm³/mol. The molecule has 0 bridgehead atoms. The highest BCUT2D eigenvalue weighted by Crippen LogP contribution is 2.47.